The van der Waals surface area contributed by atoms with Crippen LogP contribution in [0.2, 0.25) is 10.0 Å². The maximum atomic E-state index is 12.5. The molecule has 7 heteroatoms. The summed E-state index contributed by atoms with van der Waals surface area (Å²) in [5.41, 5.74) is 2.86. The molecule has 0 aliphatic carbocycles. The summed E-state index contributed by atoms with van der Waals surface area (Å²) in [6, 6.07) is 13.1. The van der Waals surface area contributed by atoms with Crippen molar-refractivity contribution in [1.29, 1.82) is 0 Å². The highest BCUT2D eigenvalue weighted by atomic mass is 35.5. The van der Waals surface area contributed by atoms with E-state index >= 15 is 0 Å². The first-order valence-corrected chi connectivity index (χ1v) is 9.51. The van der Waals surface area contributed by atoms with Gasteiger partial charge in [-0.1, -0.05) is 41.4 Å². The largest absolute Gasteiger partial charge is 0.497 e. The van der Waals surface area contributed by atoms with Gasteiger partial charge in [-0.3, -0.25) is 9.78 Å². The molecular weight excluding hydrogens is 397 g/mol. The number of ether oxygens (including phenoxy) is 1. The third kappa shape index (κ3) is 4.49. The normalized spacial score (nSPS) is 10.8. The molecule has 1 N–H and O–H groups in total. The number of methoxy groups -OCH3 is 1. The highest BCUT2D eigenvalue weighted by Gasteiger charge is 2.14. The van der Waals surface area contributed by atoms with Crippen LogP contribution >= 0.6 is 23.2 Å². The molecule has 1 heterocycles. The van der Waals surface area contributed by atoms with Crippen LogP contribution in [0.1, 0.15) is 22.4 Å². The van der Waals surface area contributed by atoms with Crippen LogP contribution in [0.25, 0.3) is 0 Å². The molecule has 2 aromatic carbocycles. The van der Waals surface area contributed by atoms with E-state index < -0.39 is 0 Å². The molecule has 0 fully saturated rings. The van der Waals surface area contributed by atoms with Gasteiger partial charge in [-0.25, -0.2) is 4.98 Å². The van der Waals surface area contributed by atoms with E-state index in [0.717, 1.165) is 16.9 Å². The first-order valence-electron chi connectivity index (χ1n) is 8.75. The van der Waals surface area contributed by atoms with Crippen LogP contribution in [0.4, 0.5) is 5.95 Å². The van der Waals surface area contributed by atoms with Crippen molar-refractivity contribution in [2.45, 2.75) is 19.9 Å². The predicted molar refractivity (Wildman–Crippen MR) is 114 cm³/mol. The van der Waals surface area contributed by atoms with Crippen molar-refractivity contribution in [2.75, 3.05) is 19.1 Å². The van der Waals surface area contributed by atoms with Gasteiger partial charge in [0.2, 0.25) is 5.95 Å². The Morgan fingerprint density at radius 1 is 1.11 bits per heavy atom. The number of nitrogens with zero attached hydrogens (tertiary/aromatic N) is 2. The van der Waals surface area contributed by atoms with E-state index in [1.165, 1.54) is 0 Å². The molecule has 146 valence electrons. The second-order valence-corrected chi connectivity index (χ2v) is 7.36. The van der Waals surface area contributed by atoms with E-state index in [0.29, 0.717) is 40.2 Å². The smallest absolute Gasteiger partial charge is 0.255 e. The summed E-state index contributed by atoms with van der Waals surface area (Å²) in [4.78, 5) is 21.9. The summed E-state index contributed by atoms with van der Waals surface area (Å²) in [6.07, 6.45) is 0.387. The van der Waals surface area contributed by atoms with Crippen LogP contribution in [-0.2, 0) is 13.0 Å². The van der Waals surface area contributed by atoms with Crippen molar-refractivity contribution in [2.24, 2.45) is 0 Å². The lowest BCUT2D eigenvalue weighted by Gasteiger charge is -2.19. The molecule has 0 saturated carbocycles. The molecule has 0 unspecified atom stereocenters. The summed E-state index contributed by atoms with van der Waals surface area (Å²) in [7, 11) is 3.51. The average Bonchev–Trinajstić information content (AvgIpc) is 2.68. The van der Waals surface area contributed by atoms with Crippen molar-refractivity contribution in [3.8, 4) is 5.75 Å². The Morgan fingerprint density at radius 2 is 1.75 bits per heavy atom. The summed E-state index contributed by atoms with van der Waals surface area (Å²) in [6.45, 7) is 2.33. The minimum absolute atomic E-state index is 0.176. The zero-order valence-electron chi connectivity index (χ0n) is 15.9. The standard InChI is InChI=1S/C21H21Cl2N3O2/c1-13-19(11-16-17(22)5-4-6-18(16)23)24-21(25-20(13)27)26(2)12-14-7-9-15(28-3)10-8-14/h4-10H,11-12H2,1-3H3,(H,24,25,27). The molecule has 1 aromatic heterocycles. The SMILES string of the molecule is COc1ccc(CN(C)c2nc(Cc3c(Cl)cccc3Cl)c(C)c(=O)[nH]2)cc1. The number of benzene rings is 2. The summed E-state index contributed by atoms with van der Waals surface area (Å²) in [5, 5.41) is 1.12. The van der Waals surface area contributed by atoms with Crippen LogP contribution in [0.3, 0.4) is 0 Å². The number of hydrogen-bond donors (Lipinski definition) is 1. The van der Waals surface area contributed by atoms with Gasteiger partial charge in [0, 0.05) is 35.6 Å². The first-order chi connectivity index (χ1) is 13.4. The van der Waals surface area contributed by atoms with Crippen molar-refractivity contribution in [3.63, 3.8) is 0 Å². The summed E-state index contributed by atoms with van der Waals surface area (Å²) in [5.74, 6) is 1.29. The highest BCUT2D eigenvalue weighted by Crippen LogP contribution is 2.27. The van der Waals surface area contributed by atoms with Crippen LogP contribution in [0.15, 0.2) is 47.3 Å². The minimum Gasteiger partial charge on any atom is -0.497 e. The van der Waals surface area contributed by atoms with E-state index in [4.69, 9.17) is 27.9 Å². The molecule has 3 rings (SSSR count). The zero-order valence-corrected chi connectivity index (χ0v) is 17.4. The molecule has 0 saturated heterocycles. The Balaban J connectivity index is 1.89. The Labute approximate surface area is 173 Å². The molecule has 0 atom stereocenters. The lowest BCUT2D eigenvalue weighted by atomic mass is 10.1. The van der Waals surface area contributed by atoms with Gasteiger partial charge in [0.05, 0.1) is 12.8 Å². The van der Waals surface area contributed by atoms with Crippen LogP contribution < -0.4 is 15.2 Å². The molecule has 0 aliphatic heterocycles. The van der Waals surface area contributed by atoms with E-state index in [2.05, 4.69) is 9.97 Å². The van der Waals surface area contributed by atoms with Crippen molar-refractivity contribution < 1.29 is 4.74 Å². The van der Waals surface area contributed by atoms with Gasteiger partial charge in [-0.15, -0.1) is 0 Å². The second-order valence-electron chi connectivity index (χ2n) is 6.54. The van der Waals surface area contributed by atoms with Crippen molar-refractivity contribution in [1.82, 2.24) is 9.97 Å². The topological polar surface area (TPSA) is 58.2 Å². The van der Waals surface area contributed by atoms with E-state index in [1.54, 1.807) is 32.2 Å². The fraction of sp³-hybridized carbons (Fsp3) is 0.238. The number of hydrogen-bond acceptors (Lipinski definition) is 4. The number of anilines is 1. The second kappa shape index (κ2) is 8.67. The number of H-pyrrole nitrogens is 1. The number of rotatable bonds is 6. The van der Waals surface area contributed by atoms with Gasteiger partial charge in [0.15, 0.2) is 0 Å². The van der Waals surface area contributed by atoms with Crippen molar-refractivity contribution >= 4 is 29.2 Å². The average molecular weight is 418 g/mol. The van der Waals surface area contributed by atoms with Crippen molar-refractivity contribution in [3.05, 3.63) is 85.2 Å². The summed E-state index contributed by atoms with van der Waals surface area (Å²) >= 11 is 12.6. The quantitative estimate of drug-likeness (QED) is 0.635. The molecular formula is C21H21Cl2N3O2. The fourth-order valence-corrected chi connectivity index (χ4v) is 3.40. The number of aromatic nitrogens is 2. The van der Waals surface area contributed by atoms with E-state index in [-0.39, 0.29) is 5.56 Å². The number of aromatic amines is 1. The van der Waals surface area contributed by atoms with Gasteiger partial charge >= 0.3 is 0 Å². The molecule has 0 radical (unpaired) electrons. The third-order valence-corrected chi connectivity index (χ3v) is 5.29. The summed E-state index contributed by atoms with van der Waals surface area (Å²) < 4.78 is 5.18. The Hall–Kier alpha value is -2.50. The van der Waals surface area contributed by atoms with Gasteiger partial charge in [0.25, 0.3) is 5.56 Å². The molecule has 28 heavy (non-hydrogen) atoms. The Kier molecular flexibility index (Phi) is 6.27. The van der Waals surface area contributed by atoms with Gasteiger partial charge in [-0.05, 0) is 42.3 Å². The fourth-order valence-electron chi connectivity index (χ4n) is 2.87. The minimum atomic E-state index is -0.176. The van der Waals surface area contributed by atoms with Gasteiger partial charge < -0.3 is 9.64 Å². The first kappa shape index (κ1) is 20.2. The number of nitrogens with one attached hydrogen (secondary N) is 1. The molecule has 0 spiro atoms. The molecule has 0 bridgehead atoms. The Morgan fingerprint density at radius 3 is 2.36 bits per heavy atom. The molecule has 0 amide bonds. The maximum Gasteiger partial charge on any atom is 0.255 e. The van der Waals surface area contributed by atoms with Gasteiger partial charge in [-0.2, -0.15) is 0 Å². The van der Waals surface area contributed by atoms with Crippen LogP contribution in [-0.4, -0.2) is 24.1 Å². The van der Waals surface area contributed by atoms with E-state index in [1.807, 2.05) is 36.2 Å². The van der Waals surface area contributed by atoms with Crippen LogP contribution in [0, 0.1) is 6.92 Å². The lowest BCUT2D eigenvalue weighted by molar-refractivity contribution is 0.414. The lowest BCUT2D eigenvalue weighted by Crippen LogP contribution is -2.25. The van der Waals surface area contributed by atoms with Crippen LogP contribution in [0.5, 0.6) is 5.75 Å². The maximum absolute atomic E-state index is 12.5. The van der Waals surface area contributed by atoms with Gasteiger partial charge in [0.1, 0.15) is 5.75 Å². The highest BCUT2D eigenvalue weighted by molar-refractivity contribution is 6.36. The zero-order chi connectivity index (χ0) is 20.3. The predicted octanol–water partition coefficient (Wildman–Crippen LogP) is 4.62. The number of halogens is 2. The molecule has 0 aliphatic rings. The third-order valence-electron chi connectivity index (χ3n) is 4.59. The monoisotopic (exact) mass is 417 g/mol. The van der Waals surface area contributed by atoms with E-state index in [9.17, 15) is 4.79 Å². The Bertz CT molecular complexity index is 1010. The molecule has 5 nitrogen and oxygen atoms in total. The molecule has 3 aromatic rings.